The van der Waals surface area contributed by atoms with Crippen LogP contribution >= 0.6 is 12.4 Å². The van der Waals surface area contributed by atoms with Gasteiger partial charge < -0.3 is 15.4 Å². The molecule has 0 unspecified atom stereocenters. The molecule has 1 saturated heterocycles. The largest absolute Gasteiger partial charge is 0.449 e. The minimum atomic E-state index is -0.158. The number of amides is 1. The summed E-state index contributed by atoms with van der Waals surface area (Å²) in [5.74, 6) is 0.985. The van der Waals surface area contributed by atoms with Crippen molar-refractivity contribution < 1.29 is 9.53 Å². The summed E-state index contributed by atoms with van der Waals surface area (Å²) in [4.78, 5) is 14.0. The highest BCUT2D eigenvalue weighted by atomic mass is 35.5. The Hall–Kier alpha value is -2.04. The van der Waals surface area contributed by atoms with E-state index in [9.17, 15) is 4.79 Å². The normalized spacial score (nSPS) is 14.6. The molecule has 2 aromatic rings. The summed E-state index contributed by atoms with van der Waals surface area (Å²) >= 11 is 0. The van der Waals surface area contributed by atoms with Crippen LogP contribution in [0.2, 0.25) is 0 Å². The van der Waals surface area contributed by atoms with Crippen LogP contribution in [0.15, 0.2) is 48.5 Å². The smallest absolute Gasteiger partial charge is 0.409 e. The molecule has 29 heavy (non-hydrogen) atoms. The third kappa shape index (κ3) is 6.76. The molecule has 0 aliphatic carbocycles. The van der Waals surface area contributed by atoms with Gasteiger partial charge in [-0.25, -0.2) is 4.79 Å². The molecule has 0 radical (unpaired) electrons. The van der Waals surface area contributed by atoms with E-state index in [1.165, 1.54) is 16.7 Å². The lowest BCUT2D eigenvalue weighted by Crippen LogP contribution is -2.39. The quantitative estimate of drug-likeness (QED) is 0.696. The topological polar surface area (TPSA) is 55.6 Å². The van der Waals surface area contributed by atoms with Gasteiger partial charge in [0.15, 0.2) is 0 Å². The fourth-order valence-corrected chi connectivity index (χ4v) is 3.74. The number of nitrogens with two attached hydrogens (primary N) is 1. The molecule has 0 bridgehead atoms. The number of carbonyl (C=O) groups excluding carboxylic acids is 1. The first-order chi connectivity index (χ1) is 13.5. The van der Waals surface area contributed by atoms with E-state index in [0.717, 1.165) is 37.9 Å². The van der Waals surface area contributed by atoms with Crippen molar-refractivity contribution in [3.8, 4) is 11.1 Å². The number of likely N-dealkylation sites (tertiary alicyclic amines) is 1. The van der Waals surface area contributed by atoms with E-state index in [1.54, 1.807) is 0 Å². The van der Waals surface area contributed by atoms with Crippen LogP contribution in [0.3, 0.4) is 0 Å². The number of nitrogens with zero attached hydrogens (tertiary/aromatic N) is 1. The molecule has 1 heterocycles. The highest BCUT2D eigenvalue weighted by molar-refractivity contribution is 5.85. The van der Waals surface area contributed by atoms with Crippen LogP contribution in [0, 0.1) is 11.8 Å². The lowest BCUT2D eigenvalue weighted by molar-refractivity contribution is 0.0790. The Balaban J connectivity index is 0.00000300. The first-order valence-electron chi connectivity index (χ1n) is 10.3. The summed E-state index contributed by atoms with van der Waals surface area (Å²) < 4.78 is 5.36. The summed E-state index contributed by atoms with van der Waals surface area (Å²) in [7, 11) is 0. The van der Waals surface area contributed by atoms with Crippen LogP contribution in [-0.2, 0) is 17.7 Å². The lowest BCUT2D eigenvalue weighted by atomic mass is 9.89. The Kier molecular flexibility index (Phi) is 8.99. The molecule has 1 amide bonds. The van der Waals surface area contributed by atoms with E-state index in [2.05, 4.69) is 62.4 Å². The fourth-order valence-electron chi connectivity index (χ4n) is 3.74. The molecule has 2 aromatic carbocycles. The Morgan fingerprint density at radius 2 is 1.66 bits per heavy atom. The number of rotatable bonds is 6. The van der Waals surface area contributed by atoms with Crippen LogP contribution in [0.1, 0.15) is 37.8 Å². The van der Waals surface area contributed by atoms with Crippen molar-refractivity contribution in [1.82, 2.24) is 4.90 Å². The van der Waals surface area contributed by atoms with Crippen molar-refractivity contribution in [3.63, 3.8) is 0 Å². The molecule has 0 spiro atoms. The standard InChI is InChI=1S/C24H32N2O2.ClH/c1-18(2)17-28-24(27)26-11-9-19(10-12-26)13-20-5-3-7-22(14-20)23-8-4-6-21(15-23)16-25;/h3-8,14-15,18-19H,9-13,16-17,25H2,1-2H3;1H. The number of hydrogen-bond acceptors (Lipinski definition) is 3. The fraction of sp³-hybridized carbons (Fsp3) is 0.458. The summed E-state index contributed by atoms with van der Waals surface area (Å²) in [6.07, 6.45) is 2.96. The number of carbonyl (C=O) groups is 1. The maximum atomic E-state index is 12.1. The lowest BCUT2D eigenvalue weighted by Gasteiger charge is -2.31. The van der Waals surface area contributed by atoms with Crippen molar-refractivity contribution in [2.24, 2.45) is 17.6 Å². The molecule has 2 N–H and O–H groups in total. The van der Waals surface area contributed by atoms with Crippen LogP contribution in [-0.4, -0.2) is 30.7 Å². The number of ether oxygens (including phenoxy) is 1. The average molecular weight is 417 g/mol. The SMILES string of the molecule is CC(C)COC(=O)N1CCC(Cc2cccc(-c3cccc(CN)c3)c2)CC1.Cl. The molecule has 0 saturated carbocycles. The van der Waals surface area contributed by atoms with Crippen molar-refractivity contribution in [2.75, 3.05) is 19.7 Å². The molecule has 1 aliphatic rings. The van der Waals surface area contributed by atoms with Crippen molar-refractivity contribution >= 4 is 18.5 Å². The zero-order chi connectivity index (χ0) is 19.9. The van der Waals surface area contributed by atoms with Crippen LogP contribution in [0.25, 0.3) is 11.1 Å². The van der Waals surface area contributed by atoms with Crippen molar-refractivity contribution in [2.45, 2.75) is 39.7 Å². The minimum absolute atomic E-state index is 0. The molecule has 1 aliphatic heterocycles. The second-order valence-electron chi connectivity index (χ2n) is 8.21. The maximum Gasteiger partial charge on any atom is 0.409 e. The third-order valence-electron chi connectivity index (χ3n) is 5.36. The van der Waals surface area contributed by atoms with Crippen LogP contribution in [0.4, 0.5) is 4.79 Å². The number of halogens is 1. The van der Waals surface area contributed by atoms with Crippen molar-refractivity contribution in [3.05, 3.63) is 59.7 Å². The molecular formula is C24H33ClN2O2. The molecule has 158 valence electrons. The molecule has 1 fully saturated rings. The second kappa shape index (κ2) is 11.2. The second-order valence-corrected chi connectivity index (χ2v) is 8.21. The molecule has 4 nitrogen and oxygen atoms in total. The first kappa shape index (κ1) is 23.2. The van der Waals surface area contributed by atoms with Gasteiger partial charge >= 0.3 is 6.09 Å². The monoisotopic (exact) mass is 416 g/mol. The van der Waals surface area contributed by atoms with Gasteiger partial charge in [0.1, 0.15) is 0 Å². The molecule has 0 atom stereocenters. The van der Waals surface area contributed by atoms with E-state index in [4.69, 9.17) is 10.5 Å². The van der Waals surface area contributed by atoms with Gasteiger partial charge in [-0.05, 0) is 59.4 Å². The van der Waals surface area contributed by atoms with Gasteiger partial charge in [0.05, 0.1) is 6.61 Å². The molecule has 3 rings (SSSR count). The predicted molar refractivity (Wildman–Crippen MR) is 121 cm³/mol. The maximum absolute atomic E-state index is 12.1. The number of benzene rings is 2. The minimum Gasteiger partial charge on any atom is -0.449 e. The zero-order valence-electron chi connectivity index (χ0n) is 17.5. The number of piperidine rings is 1. The van der Waals surface area contributed by atoms with E-state index < -0.39 is 0 Å². The molecular weight excluding hydrogens is 384 g/mol. The summed E-state index contributed by atoms with van der Waals surface area (Å²) in [5, 5.41) is 0. The Labute approximate surface area is 180 Å². The number of hydrogen-bond donors (Lipinski definition) is 1. The zero-order valence-corrected chi connectivity index (χ0v) is 18.3. The van der Waals surface area contributed by atoms with E-state index in [0.29, 0.717) is 25.0 Å². The van der Waals surface area contributed by atoms with Gasteiger partial charge in [-0.15, -0.1) is 12.4 Å². The van der Waals surface area contributed by atoms with Gasteiger partial charge in [0, 0.05) is 19.6 Å². The average Bonchev–Trinajstić information content (AvgIpc) is 2.73. The third-order valence-corrected chi connectivity index (χ3v) is 5.36. The summed E-state index contributed by atoms with van der Waals surface area (Å²) in [6.45, 7) is 6.75. The van der Waals surface area contributed by atoms with Gasteiger partial charge in [-0.3, -0.25) is 0 Å². The van der Waals surface area contributed by atoms with E-state index in [-0.39, 0.29) is 18.5 Å². The molecule has 0 aromatic heterocycles. The van der Waals surface area contributed by atoms with Gasteiger partial charge in [-0.1, -0.05) is 56.3 Å². The van der Waals surface area contributed by atoms with Gasteiger partial charge in [0.2, 0.25) is 0 Å². The Morgan fingerprint density at radius 3 is 2.24 bits per heavy atom. The predicted octanol–water partition coefficient (Wildman–Crippen LogP) is 5.28. The van der Waals surface area contributed by atoms with Gasteiger partial charge in [0.25, 0.3) is 0 Å². The Bertz CT molecular complexity index is 786. The van der Waals surface area contributed by atoms with E-state index in [1.807, 2.05) is 4.90 Å². The highest BCUT2D eigenvalue weighted by Crippen LogP contribution is 2.26. The van der Waals surface area contributed by atoms with E-state index >= 15 is 0 Å². The first-order valence-corrected chi connectivity index (χ1v) is 10.3. The summed E-state index contributed by atoms with van der Waals surface area (Å²) in [6, 6.07) is 17.2. The summed E-state index contributed by atoms with van der Waals surface area (Å²) in [5.41, 5.74) is 10.7. The van der Waals surface area contributed by atoms with Crippen molar-refractivity contribution in [1.29, 1.82) is 0 Å². The highest BCUT2D eigenvalue weighted by Gasteiger charge is 2.24. The van der Waals surface area contributed by atoms with Crippen LogP contribution in [0.5, 0.6) is 0 Å². The van der Waals surface area contributed by atoms with Crippen LogP contribution < -0.4 is 5.73 Å². The Morgan fingerprint density at radius 1 is 1.07 bits per heavy atom. The molecule has 5 heteroatoms. The van der Waals surface area contributed by atoms with Gasteiger partial charge in [-0.2, -0.15) is 0 Å².